The molecule has 200 valence electrons. The Balaban J connectivity index is 1.41. The van der Waals surface area contributed by atoms with Gasteiger partial charge in [0.2, 0.25) is 5.91 Å². The number of nitrogens with one attached hydrogen (secondary N) is 1. The second-order valence-corrected chi connectivity index (χ2v) is 10.1. The summed E-state index contributed by atoms with van der Waals surface area (Å²) in [5.41, 5.74) is 3.35. The normalized spacial score (nSPS) is 16.3. The first-order valence-electron chi connectivity index (χ1n) is 12.5. The molecule has 2 saturated heterocycles. The first kappa shape index (κ1) is 27.3. The van der Waals surface area contributed by atoms with Crippen molar-refractivity contribution in [1.82, 2.24) is 9.80 Å². The van der Waals surface area contributed by atoms with E-state index in [-0.39, 0.29) is 24.0 Å². The second-order valence-electron chi connectivity index (χ2n) is 9.13. The molecule has 10 heteroatoms. The molecule has 2 fully saturated rings. The molecular formula is C28H31N3O6S. The van der Waals surface area contributed by atoms with Crippen LogP contribution < -0.4 is 14.8 Å². The molecule has 0 unspecified atom stereocenters. The van der Waals surface area contributed by atoms with Crippen LogP contribution in [0.5, 0.6) is 11.5 Å². The largest absolute Gasteiger partial charge is 0.490 e. The summed E-state index contributed by atoms with van der Waals surface area (Å²) < 4.78 is 11.4. The van der Waals surface area contributed by atoms with Crippen molar-refractivity contribution in [2.24, 2.45) is 0 Å². The fraction of sp³-hybridized carbons (Fsp3) is 0.357. The molecule has 38 heavy (non-hydrogen) atoms. The number of likely N-dealkylation sites (tertiary alicyclic amines) is 1. The van der Waals surface area contributed by atoms with E-state index in [1.807, 2.05) is 32.9 Å². The van der Waals surface area contributed by atoms with Crippen LogP contribution in [0.4, 0.5) is 10.5 Å². The van der Waals surface area contributed by atoms with Gasteiger partial charge in [-0.1, -0.05) is 12.1 Å². The molecule has 0 aromatic heterocycles. The van der Waals surface area contributed by atoms with E-state index < -0.39 is 17.1 Å². The minimum Gasteiger partial charge on any atom is -0.490 e. The first-order chi connectivity index (χ1) is 18.2. The number of rotatable bonds is 9. The molecular weight excluding hydrogens is 506 g/mol. The second kappa shape index (κ2) is 12.2. The predicted octanol–water partition coefficient (Wildman–Crippen LogP) is 4.38. The lowest BCUT2D eigenvalue weighted by molar-refractivity contribution is -0.132. The number of ether oxygens (including phenoxy) is 2. The average molecular weight is 538 g/mol. The maximum Gasteiger partial charge on any atom is 0.294 e. The highest BCUT2D eigenvalue weighted by Crippen LogP contribution is 2.34. The van der Waals surface area contributed by atoms with Crippen molar-refractivity contribution >= 4 is 46.5 Å². The van der Waals surface area contributed by atoms with Gasteiger partial charge in [0.05, 0.1) is 11.5 Å². The highest BCUT2D eigenvalue weighted by Gasteiger charge is 2.36. The van der Waals surface area contributed by atoms with Crippen LogP contribution in [-0.4, -0.2) is 65.6 Å². The van der Waals surface area contributed by atoms with E-state index in [2.05, 4.69) is 5.32 Å². The minimum absolute atomic E-state index is 0.0655. The lowest BCUT2D eigenvalue weighted by Gasteiger charge is -2.17. The van der Waals surface area contributed by atoms with Crippen molar-refractivity contribution in [1.29, 1.82) is 0 Å². The van der Waals surface area contributed by atoms with Crippen molar-refractivity contribution < 1.29 is 28.7 Å². The van der Waals surface area contributed by atoms with Crippen LogP contribution >= 0.6 is 11.8 Å². The van der Waals surface area contributed by atoms with E-state index in [0.717, 1.165) is 53.7 Å². The van der Waals surface area contributed by atoms with Crippen LogP contribution in [-0.2, 0) is 14.4 Å². The van der Waals surface area contributed by atoms with Gasteiger partial charge < -0.3 is 19.7 Å². The molecule has 4 amide bonds. The van der Waals surface area contributed by atoms with Gasteiger partial charge in [0.15, 0.2) is 18.1 Å². The van der Waals surface area contributed by atoms with Gasteiger partial charge in [0.25, 0.3) is 17.1 Å². The summed E-state index contributed by atoms with van der Waals surface area (Å²) in [6.07, 6.45) is 3.59. The number of hydrogen-bond donors (Lipinski definition) is 1. The third-order valence-electron chi connectivity index (χ3n) is 6.34. The van der Waals surface area contributed by atoms with Gasteiger partial charge >= 0.3 is 0 Å². The van der Waals surface area contributed by atoms with E-state index in [1.54, 1.807) is 35.2 Å². The maximum atomic E-state index is 12.9. The van der Waals surface area contributed by atoms with Crippen LogP contribution in [0.15, 0.2) is 41.3 Å². The number of imide groups is 1. The molecule has 0 atom stereocenters. The molecule has 2 aliphatic rings. The van der Waals surface area contributed by atoms with E-state index in [1.165, 1.54) is 0 Å². The fourth-order valence-electron chi connectivity index (χ4n) is 4.15. The lowest BCUT2D eigenvalue weighted by atomic mass is 10.1. The van der Waals surface area contributed by atoms with E-state index in [0.29, 0.717) is 29.4 Å². The lowest BCUT2D eigenvalue weighted by Crippen LogP contribution is -2.36. The summed E-state index contributed by atoms with van der Waals surface area (Å²) >= 11 is 0.777. The van der Waals surface area contributed by atoms with Gasteiger partial charge in [-0.2, -0.15) is 0 Å². The Morgan fingerprint density at radius 3 is 2.47 bits per heavy atom. The molecule has 0 spiro atoms. The minimum atomic E-state index is -0.537. The Hall–Kier alpha value is -3.79. The molecule has 9 nitrogen and oxygen atoms in total. The van der Waals surface area contributed by atoms with Crippen LogP contribution in [0, 0.1) is 13.8 Å². The predicted molar refractivity (Wildman–Crippen MR) is 146 cm³/mol. The Kier molecular flexibility index (Phi) is 8.73. The third kappa shape index (κ3) is 6.55. The number of benzene rings is 2. The zero-order chi connectivity index (χ0) is 27.2. The number of anilines is 1. The van der Waals surface area contributed by atoms with Gasteiger partial charge in [-0.15, -0.1) is 0 Å². The molecule has 0 saturated carbocycles. The molecule has 1 N–H and O–H groups in total. The molecule has 0 bridgehead atoms. The van der Waals surface area contributed by atoms with E-state index in [9.17, 15) is 19.2 Å². The van der Waals surface area contributed by atoms with Gasteiger partial charge in [-0.05, 0) is 92.4 Å². The number of amides is 4. The fourth-order valence-corrected chi connectivity index (χ4v) is 4.99. The van der Waals surface area contributed by atoms with Gasteiger partial charge in [-0.25, -0.2) is 0 Å². The summed E-state index contributed by atoms with van der Waals surface area (Å²) in [4.78, 5) is 53.2. The van der Waals surface area contributed by atoms with Crippen LogP contribution in [0.25, 0.3) is 6.08 Å². The number of carbonyl (C=O) groups excluding carboxylic acids is 4. The Bertz CT molecular complexity index is 1290. The highest BCUT2D eigenvalue weighted by molar-refractivity contribution is 8.18. The summed E-state index contributed by atoms with van der Waals surface area (Å²) in [5.74, 6) is -0.204. The number of carbonyl (C=O) groups is 4. The molecule has 2 aliphatic heterocycles. The molecule has 0 radical (unpaired) electrons. The van der Waals surface area contributed by atoms with Crippen molar-refractivity contribution in [3.05, 3.63) is 58.0 Å². The summed E-state index contributed by atoms with van der Waals surface area (Å²) in [6, 6.07) is 10.6. The third-order valence-corrected chi connectivity index (χ3v) is 7.25. The SMILES string of the molecule is CCOc1cc(/C=C2\SC(=O)N(CC(=O)Nc3ccc(C)c(C)c3)C2=O)ccc1OCC(=O)N1CCCC1. The number of aryl methyl sites for hydroxylation is 2. The summed E-state index contributed by atoms with van der Waals surface area (Å²) in [6.45, 7) is 7.17. The van der Waals surface area contributed by atoms with Crippen molar-refractivity contribution in [2.45, 2.75) is 33.6 Å². The van der Waals surface area contributed by atoms with Crippen molar-refractivity contribution in [3.63, 3.8) is 0 Å². The molecule has 2 heterocycles. The Labute approximate surface area is 226 Å². The zero-order valence-electron chi connectivity index (χ0n) is 21.7. The van der Waals surface area contributed by atoms with Crippen molar-refractivity contribution in [2.75, 3.05) is 38.2 Å². The van der Waals surface area contributed by atoms with Crippen LogP contribution in [0.2, 0.25) is 0 Å². The topological polar surface area (TPSA) is 105 Å². The number of nitrogens with zero attached hydrogens (tertiary/aromatic N) is 2. The van der Waals surface area contributed by atoms with Crippen LogP contribution in [0.3, 0.4) is 0 Å². The van der Waals surface area contributed by atoms with E-state index >= 15 is 0 Å². The zero-order valence-corrected chi connectivity index (χ0v) is 22.6. The van der Waals surface area contributed by atoms with Gasteiger partial charge in [0.1, 0.15) is 6.54 Å². The quantitative estimate of drug-likeness (QED) is 0.474. The molecule has 0 aliphatic carbocycles. The Morgan fingerprint density at radius 1 is 1.00 bits per heavy atom. The average Bonchev–Trinajstić information content (AvgIpc) is 3.51. The monoisotopic (exact) mass is 537 g/mol. The number of thioether (sulfide) groups is 1. The number of hydrogen-bond acceptors (Lipinski definition) is 7. The smallest absolute Gasteiger partial charge is 0.294 e. The van der Waals surface area contributed by atoms with Crippen LogP contribution in [0.1, 0.15) is 36.5 Å². The molecule has 4 rings (SSSR count). The molecule has 2 aromatic carbocycles. The summed E-state index contributed by atoms with van der Waals surface area (Å²) in [7, 11) is 0. The summed E-state index contributed by atoms with van der Waals surface area (Å²) in [5, 5.41) is 2.22. The first-order valence-corrected chi connectivity index (χ1v) is 13.4. The maximum absolute atomic E-state index is 12.9. The highest BCUT2D eigenvalue weighted by atomic mass is 32.2. The van der Waals surface area contributed by atoms with Gasteiger partial charge in [0, 0.05) is 18.8 Å². The Morgan fingerprint density at radius 2 is 1.76 bits per heavy atom. The van der Waals surface area contributed by atoms with Gasteiger partial charge in [-0.3, -0.25) is 24.1 Å². The van der Waals surface area contributed by atoms with E-state index in [4.69, 9.17) is 9.47 Å². The molecule has 2 aromatic rings. The standard InChI is InChI=1S/C28H31N3O6S/c1-4-36-23-14-20(8-10-22(23)37-17-26(33)30-11-5-6-12-30)15-24-27(34)31(28(35)38-24)16-25(32)29-21-9-7-18(2)19(3)13-21/h7-10,13-15H,4-6,11-12,16-17H2,1-3H3,(H,29,32)/b24-15-. The van der Waals surface area contributed by atoms with Crippen molar-refractivity contribution in [3.8, 4) is 11.5 Å².